The van der Waals surface area contributed by atoms with Crippen molar-refractivity contribution in [1.82, 2.24) is 0 Å². The second-order valence-electron chi connectivity index (χ2n) is 4.53. The first-order valence-electron chi connectivity index (χ1n) is 5.98. The van der Waals surface area contributed by atoms with Gasteiger partial charge in [-0.25, -0.2) is 0 Å². The van der Waals surface area contributed by atoms with Crippen molar-refractivity contribution in [2.24, 2.45) is 0 Å². The van der Waals surface area contributed by atoms with Gasteiger partial charge in [0.15, 0.2) is 5.60 Å². The molecule has 0 aliphatic heterocycles. The van der Waals surface area contributed by atoms with E-state index in [9.17, 15) is 5.26 Å². The summed E-state index contributed by atoms with van der Waals surface area (Å²) in [6.45, 7) is 2.55. The number of fused-ring (bicyclic) bond motifs is 1. The molecule has 0 amide bonds. The summed E-state index contributed by atoms with van der Waals surface area (Å²) in [6, 6.07) is 8.51. The zero-order chi connectivity index (χ0) is 12.3. The van der Waals surface area contributed by atoms with E-state index in [2.05, 4.69) is 18.2 Å². The lowest BCUT2D eigenvalue weighted by atomic mass is 9.96. The Morgan fingerprint density at radius 2 is 2.35 bits per heavy atom. The predicted molar refractivity (Wildman–Crippen MR) is 64.4 cm³/mol. The molecule has 0 heterocycles. The molecule has 17 heavy (non-hydrogen) atoms. The van der Waals surface area contributed by atoms with Crippen molar-refractivity contribution in [2.45, 2.75) is 31.8 Å². The third-order valence-corrected chi connectivity index (χ3v) is 3.28. The maximum absolute atomic E-state index is 9.42. The highest BCUT2D eigenvalue weighted by atomic mass is 16.5. The first kappa shape index (κ1) is 12.1. The molecule has 0 aromatic heterocycles. The van der Waals surface area contributed by atoms with Gasteiger partial charge < -0.3 is 9.84 Å². The van der Waals surface area contributed by atoms with E-state index in [1.54, 1.807) is 0 Å². The number of nitrogens with zero attached hydrogens (tertiary/aromatic N) is 1. The summed E-state index contributed by atoms with van der Waals surface area (Å²) < 4.78 is 5.74. The van der Waals surface area contributed by atoms with Crippen LogP contribution in [-0.4, -0.2) is 18.3 Å². The SMILES string of the molecule is Cc1ccc2c(c1)C(C#N)(OCCCO)CC2. The third kappa shape index (κ3) is 2.19. The van der Waals surface area contributed by atoms with E-state index in [-0.39, 0.29) is 6.61 Å². The molecule has 2 rings (SSSR count). The highest BCUT2D eigenvalue weighted by Gasteiger charge is 2.40. The van der Waals surface area contributed by atoms with Gasteiger partial charge in [-0.3, -0.25) is 0 Å². The van der Waals surface area contributed by atoms with Gasteiger partial charge in [0.2, 0.25) is 0 Å². The Hall–Kier alpha value is -1.37. The Kier molecular flexibility index (Phi) is 3.46. The van der Waals surface area contributed by atoms with Gasteiger partial charge in [-0.2, -0.15) is 5.26 Å². The standard InChI is InChI=1S/C14H17NO2/c1-11-3-4-12-5-6-14(10-15,13(12)9-11)17-8-2-7-16/h3-4,9,16H,2,5-8H2,1H3. The molecule has 0 saturated heterocycles. The molecule has 1 aromatic carbocycles. The van der Waals surface area contributed by atoms with Gasteiger partial charge in [0.1, 0.15) is 6.07 Å². The Bertz CT molecular complexity index is 450. The molecule has 0 radical (unpaired) electrons. The largest absolute Gasteiger partial charge is 0.396 e. The maximum atomic E-state index is 9.42. The summed E-state index contributed by atoms with van der Waals surface area (Å²) in [7, 11) is 0. The van der Waals surface area contributed by atoms with E-state index >= 15 is 0 Å². The molecule has 1 aliphatic rings. The zero-order valence-electron chi connectivity index (χ0n) is 10.1. The maximum Gasteiger partial charge on any atom is 0.180 e. The van der Waals surface area contributed by atoms with Gasteiger partial charge in [-0.1, -0.05) is 23.8 Å². The number of aliphatic hydroxyl groups is 1. The number of benzene rings is 1. The molecule has 3 nitrogen and oxygen atoms in total. The molecule has 1 aliphatic carbocycles. The highest BCUT2D eigenvalue weighted by Crippen LogP contribution is 2.40. The summed E-state index contributed by atoms with van der Waals surface area (Å²) in [5.74, 6) is 0. The van der Waals surface area contributed by atoms with Crippen molar-refractivity contribution in [2.75, 3.05) is 13.2 Å². The Labute approximate surface area is 102 Å². The van der Waals surface area contributed by atoms with Crippen LogP contribution in [0.4, 0.5) is 0 Å². The Balaban J connectivity index is 2.27. The number of aryl methyl sites for hydroxylation is 2. The van der Waals surface area contributed by atoms with Gasteiger partial charge in [0.05, 0.1) is 6.61 Å². The lowest BCUT2D eigenvalue weighted by Gasteiger charge is -2.23. The minimum atomic E-state index is -0.795. The quantitative estimate of drug-likeness (QED) is 0.807. The van der Waals surface area contributed by atoms with Crippen LogP contribution in [0.5, 0.6) is 0 Å². The molecular formula is C14H17NO2. The van der Waals surface area contributed by atoms with E-state index in [1.165, 1.54) is 5.56 Å². The summed E-state index contributed by atoms with van der Waals surface area (Å²) in [4.78, 5) is 0. The van der Waals surface area contributed by atoms with Gasteiger partial charge in [-0.15, -0.1) is 0 Å². The van der Waals surface area contributed by atoms with Crippen LogP contribution in [0.1, 0.15) is 29.5 Å². The molecule has 1 unspecified atom stereocenters. The van der Waals surface area contributed by atoms with E-state index in [0.717, 1.165) is 17.5 Å². The monoisotopic (exact) mass is 231 g/mol. The van der Waals surface area contributed by atoms with Crippen molar-refractivity contribution in [3.63, 3.8) is 0 Å². The third-order valence-electron chi connectivity index (χ3n) is 3.28. The molecular weight excluding hydrogens is 214 g/mol. The Morgan fingerprint density at radius 1 is 1.53 bits per heavy atom. The topological polar surface area (TPSA) is 53.2 Å². The average molecular weight is 231 g/mol. The van der Waals surface area contributed by atoms with E-state index in [4.69, 9.17) is 9.84 Å². The molecule has 1 aromatic rings. The number of hydrogen-bond acceptors (Lipinski definition) is 3. The first-order chi connectivity index (χ1) is 8.22. The molecule has 0 saturated carbocycles. The smallest absolute Gasteiger partial charge is 0.180 e. The first-order valence-corrected chi connectivity index (χ1v) is 5.98. The van der Waals surface area contributed by atoms with Crippen LogP contribution in [0.2, 0.25) is 0 Å². The lowest BCUT2D eigenvalue weighted by molar-refractivity contribution is -0.0107. The van der Waals surface area contributed by atoms with Crippen molar-refractivity contribution < 1.29 is 9.84 Å². The van der Waals surface area contributed by atoms with Gasteiger partial charge >= 0.3 is 0 Å². The van der Waals surface area contributed by atoms with Gasteiger partial charge in [-0.05, 0) is 31.7 Å². The lowest BCUT2D eigenvalue weighted by Crippen LogP contribution is -2.25. The fraction of sp³-hybridized carbons (Fsp3) is 0.500. The van der Waals surface area contributed by atoms with Crippen LogP contribution in [0.3, 0.4) is 0 Å². The minimum Gasteiger partial charge on any atom is -0.396 e. The zero-order valence-corrected chi connectivity index (χ0v) is 10.1. The number of hydrogen-bond donors (Lipinski definition) is 1. The second kappa shape index (κ2) is 4.87. The molecule has 1 atom stereocenters. The summed E-state index contributed by atoms with van der Waals surface area (Å²) in [6.07, 6.45) is 2.18. The van der Waals surface area contributed by atoms with Crippen LogP contribution in [-0.2, 0) is 16.8 Å². The summed E-state index contributed by atoms with van der Waals surface area (Å²) in [5.41, 5.74) is 2.58. The fourth-order valence-electron chi connectivity index (χ4n) is 2.34. The molecule has 0 fully saturated rings. The second-order valence-corrected chi connectivity index (χ2v) is 4.53. The molecule has 0 bridgehead atoms. The normalized spacial score (nSPS) is 22.2. The van der Waals surface area contributed by atoms with E-state index in [1.807, 2.05) is 13.0 Å². The van der Waals surface area contributed by atoms with Crippen LogP contribution in [0.15, 0.2) is 18.2 Å². The number of rotatable bonds is 4. The summed E-state index contributed by atoms with van der Waals surface area (Å²) in [5, 5.41) is 18.2. The van der Waals surface area contributed by atoms with Crippen molar-refractivity contribution in [1.29, 1.82) is 5.26 Å². The van der Waals surface area contributed by atoms with Crippen molar-refractivity contribution in [3.8, 4) is 6.07 Å². The molecule has 3 heteroatoms. The van der Waals surface area contributed by atoms with Crippen molar-refractivity contribution >= 4 is 0 Å². The van der Waals surface area contributed by atoms with Crippen LogP contribution >= 0.6 is 0 Å². The van der Waals surface area contributed by atoms with E-state index < -0.39 is 5.60 Å². The molecule has 1 N–H and O–H groups in total. The number of nitriles is 1. The Morgan fingerprint density at radius 3 is 3.06 bits per heavy atom. The fourth-order valence-corrected chi connectivity index (χ4v) is 2.34. The van der Waals surface area contributed by atoms with Crippen LogP contribution < -0.4 is 0 Å². The number of aliphatic hydroxyl groups excluding tert-OH is 1. The predicted octanol–water partition coefficient (Wildman–Crippen LogP) is 2.06. The van der Waals surface area contributed by atoms with Gasteiger partial charge in [0, 0.05) is 12.2 Å². The van der Waals surface area contributed by atoms with Crippen molar-refractivity contribution in [3.05, 3.63) is 34.9 Å². The van der Waals surface area contributed by atoms with Crippen LogP contribution in [0, 0.1) is 18.3 Å². The average Bonchev–Trinajstić information content (AvgIpc) is 2.69. The van der Waals surface area contributed by atoms with Crippen LogP contribution in [0.25, 0.3) is 0 Å². The summed E-state index contributed by atoms with van der Waals surface area (Å²) >= 11 is 0. The van der Waals surface area contributed by atoms with Gasteiger partial charge in [0.25, 0.3) is 0 Å². The molecule has 90 valence electrons. The van der Waals surface area contributed by atoms with E-state index in [0.29, 0.717) is 19.4 Å². The highest BCUT2D eigenvalue weighted by molar-refractivity contribution is 5.43. The molecule has 0 spiro atoms. The number of ether oxygens (including phenoxy) is 1. The minimum absolute atomic E-state index is 0.0994.